The number of ether oxygens (including phenoxy) is 1. The summed E-state index contributed by atoms with van der Waals surface area (Å²) >= 11 is 0. The van der Waals surface area contributed by atoms with E-state index < -0.39 is 0 Å². The Balaban J connectivity index is 1.30. The highest BCUT2D eigenvalue weighted by molar-refractivity contribution is 5.90. The first-order valence-electron chi connectivity index (χ1n) is 14.3. The number of piperidine rings is 1. The van der Waals surface area contributed by atoms with Crippen molar-refractivity contribution in [2.24, 2.45) is 0 Å². The molecule has 1 aliphatic rings. The first-order chi connectivity index (χ1) is 20.9. The number of nitrogens with one attached hydrogen (secondary N) is 3. The second kappa shape index (κ2) is 12.1. The zero-order valence-electron chi connectivity index (χ0n) is 24.4. The van der Waals surface area contributed by atoms with E-state index in [-0.39, 0.29) is 17.8 Å². The number of hydrogen-bond acceptors (Lipinski definition) is 7. The van der Waals surface area contributed by atoms with Gasteiger partial charge in [-0.3, -0.25) is 19.7 Å². The molecule has 5 aromatic rings. The van der Waals surface area contributed by atoms with Gasteiger partial charge in [0.05, 0.1) is 25.2 Å². The fourth-order valence-electron chi connectivity index (χ4n) is 5.71. The molecule has 0 bridgehead atoms. The second-order valence-corrected chi connectivity index (χ2v) is 10.8. The summed E-state index contributed by atoms with van der Waals surface area (Å²) in [5.41, 5.74) is 9.54. The van der Waals surface area contributed by atoms with Crippen molar-refractivity contribution in [2.45, 2.75) is 39.3 Å². The number of anilines is 2. The quantitative estimate of drug-likeness (QED) is 0.201. The molecule has 1 amide bonds. The highest BCUT2D eigenvalue weighted by Gasteiger charge is 2.20. The van der Waals surface area contributed by atoms with Gasteiger partial charge in [0.1, 0.15) is 22.6 Å². The second-order valence-electron chi connectivity index (χ2n) is 10.8. The number of carbonyl (C=O) groups is 1. The van der Waals surface area contributed by atoms with Gasteiger partial charge in [0, 0.05) is 49.2 Å². The first kappa shape index (κ1) is 28.2. The molecule has 3 aromatic carbocycles. The molecule has 1 aliphatic heterocycles. The Morgan fingerprint density at radius 3 is 2.53 bits per heavy atom. The van der Waals surface area contributed by atoms with E-state index in [1.807, 2.05) is 30.3 Å². The van der Waals surface area contributed by atoms with Crippen LogP contribution in [0.15, 0.2) is 73.3 Å². The third kappa shape index (κ3) is 5.76. The third-order valence-electron chi connectivity index (χ3n) is 8.13. The van der Waals surface area contributed by atoms with Crippen LogP contribution in [-0.2, 0) is 11.3 Å². The van der Waals surface area contributed by atoms with Crippen LogP contribution in [0.1, 0.15) is 29.5 Å². The standard InChI is InChI=1S/C34H33FN6O2/c1-20-24(22-14-28(35)27(32(15-22)43-3)17-39-23-10-11-33(42)40-16-23)6-4-7-25(20)26-8-5-9-29(21(26)2)41-31-19-36-18-30-34(31)38-13-12-37-30/h4-9,12-15,18-19,23,39,41H,10-11,16-17H2,1-3H3,(H,40,42)/t23-/m0/s1. The van der Waals surface area contributed by atoms with E-state index in [0.29, 0.717) is 30.8 Å². The van der Waals surface area contributed by atoms with Gasteiger partial charge < -0.3 is 20.7 Å². The van der Waals surface area contributed by atoms with Gasteiger partial charge in [-0.05, 0) is 71.8 Å². The van der Waals surface area contributed by atoms with Crippen LogP contribution >= 0.6 is 0 Å². The Morgan fingerprint density at radius 1 is 0.977 bits per heavy atom. The molecule has 3 N–H and O–H groups in total. The van der Waals surface area contributed by atoms with Gasteiger partial charge in [0.2, 0.25) is 5.91 Å². The Morgan fingerprint density at radius 2 is 1.74 bits per heavy atom. The molecule has 0 radical (unpaired) electrons. The highest BCUT2D eigenvalue weighted by Crippen LogP contribution is 2.38. The van der Waals surface area contributed by atoms with Gasteiger partial charge in [0.15, 0.2) is 0 Å². The molecule has 8 nitrogen and oxygen atoms in total. The fourth-order valence-corrected chi connectivity index (χ4v) is 5.71. The molecule has 0 spiro atoms. The maximum absolute atomic E-state index is 15.6. The van der Waals surface area contributed by atoms with Crippen LogP contribution in [0.4, 0.5) is 15.8 Å². The molecule has 0 saturated carbocycles. The predicted octanol–water partition coefficient (Wildman–Crippen LogP) is 6.24. The van der Waals surface area contributed by atoms with E-state index >= 15 is 4.39 Å². The van der Waals surface area contributed by atoms with Crippen molar-refractivity contribution in [3.05, 3.63) is 95.8 Å². The molecular weight excluding hydrogens is 543 g/mol. The van der Waals surface area contributed by atoms with E-state index in [2.05, 4.69) is 56.9 Å². The van der Waals surface area contributed by atoms with Gasteiger partial charge >= 0.3 is 0 Å². The zero-order valence-corrected chi connectivity index (χ0v) is 24.4. The molecule has 1 fully saturated rings. The summed E-state index contributed by atoms with van der Waals surface area (Å²) in [6, 6.07) is 15.8. The lowest BCUT2D eigenvalue weighted by Crippen LogP contribution is -2.45. The van der Waals surface area contributed by atoms with Gasteiger partial charge in [-0.2, -0.15) is 0 Å². The van der Waals surface area contributed by atoms with Crippen molar-refractivity contribution in [3.63, 3.8) is 0 Å². The lowest BCUT2D eigenvalue weighted by Gasteiger charge is -2.24. The minimum Gasteiger partial charge on any atom is -0.496 e. The fraction of sp³-hybridized carbons (Fsp3) is 0.235. The number of hydrogen-bond donors (Lipinski definition) is 3. The lowest BCUT2D eigenvalue weighted by atomic mass is 9.90. The largest absolute Gasteiger partial charge is 0.496 e. The number of pyridine rings is 1. The SMILES string of the molecule is COc1cc(-c2cccc(-c3cccc(Nc4cncc5nccnc45)c3C)c2C)cc(F)c1CN[C@H]1CCC(=O)NC1. The maximum atomic E-state index is 15.6. The van der Waals surface area contributed by atoms with Crippen molar-refractivity contribution in [3.8, 4) is 28.0 Å². The lowest BCUT2D eigenvalue weighted by molar-refractivity contribution is -0.122. The normalized spacial score (nSPS) is 14.9. The molecule has 3 heterocycles. The number of nitrogens with zero attached hydrogens (tertiary/aromatic N) is 3. The molecule has 1 saturated heterocycles. The monoisotopic (exact) mass is 576 g/mol. The number of aromatic nitrogens is 3. The van der Waals surface area contributed by atoms with Gasteiger partial charge in [0.25, 0.3) is 0 Å². The first-order valence-corrected chi connectivity index (χ1v) is 14.3. The van der Waals surface area contributed by atoms with E-state index in [9.17, 15) is 4.79 Å². The third-order valence-corrected chi connectivity index (χ3v) is 8.13. The minimum atomic E-state index is -0.333. The average molecular weight is 577 g/mol. The summed E-state index contributed by atoms with van der Waals surface area (Å²) in [4.78, 5) is 24.6. The number of amides is 1. The van der Waals surface area contributed by atoms with Crippen molar-refractivity contribution in [1.29, 1.82) is 0 Å². The Hall–Kier alpha value is -4.89. The molecular formula is C34H33FN6O2. The molecule has 0 aliphatic carbocycles. The molecule has 43 heavy (non-hydrogen) atoms. The summed E-state index contributed by atoms with van der Waals surface area (Å²) in [5.74, 6) is 0.209. The highest BCUT2D eigenvalue weighted by atomic mass is 19.1. The smallest absolute Gasteiger partial charge is 0.220 e. The maximum Gasteiger partial charge on any atom is 0.220 e. The van der Waals surface area contributed by atoms with E-state index in [1.165, 1.54) is 0 Å². The molecule has 2 aromatic heterocycles. The van der Waals surface area contributed by atoms with Crippen LogP contribution in [0.5, 0.6) is 5.75 Å². The Bertz CT molecular complexity index is 1810. The van der Waals surface area contributed by atoms with Crippen molar-refractivity contribution in [1.82, 2.24) is 25.6 Å². The summed E-state index contributed by atoms with van der Waals surface area (Å²) in [7, 11) is 1.56. The van der Waals surface area contributed by atoms with Gasteiger partial charge in [-0.25, -0.2) is 4.39 Å². The predicted molar refractivity (Wildman–Crippen MR) is 167 cm³/mol. The van der Waals surface area contributed by atoms with Crippen LogP contribution in [-0.4, -0.2) is 40.6 Å². The summed E-state index contributed by atoms with van der Waals surface area (Å²) in [6.45, 7) is 4.99. The summed E-state index contributed by atoms with van der Waals surface area (Å²) in [5, 5.41) is 9.72. The molecule has 9 heteroatoms. The van der Waals surface area contributed by atoms with Crippen molar-refractivity contribution >= 4 is 28.3 Å². The van der Waals surface area contributed by atoms with Crippen LogP contribution in [0.2, 0.25) is 0 Å². The van der Waals surface area contributed by atoms with Crippen LogP contribution in [0, 0.1) is 19.7 Å². The van der Waals surface area contributed by atoms with Crippen molar-refractivity contribution in [2.75, 3.05) is 19.0 Å². The van der Waals surface area contributed by atoms with E-state index in [1.54, 1.807) is 38.0 Å². The Labute approximate surface area is 249 Å². The molecule has 0 unspecified atom stereocenters. The number of benzene rings is 3. The topological polar surface area (TPSA) is 101 Å². The molecule has 6 rings (SSSR count). The van der Waals surface area contributed by atoms with E-state index in [4.69, 9.17) is 4.74 Å². The molecule has 1 atom stereocenters. The van der Waals surface area contributed by atoms with Crippen molar-refractivity contribution < 1.29 is 13.9 Å². The van der Waals surface area contributed by atoms with Gasteiger partial charge in [-0.15, -0.1) is 0 Å². The van der Waals surface area contributed by atoms with Gasteiger partial charge in [-0.1, -0.05) is 30.3 Å². The number of carbonyl (C=O) groups excluding carboxylic acids is 1. The summed E-state index contributed by atoms with van der Waals surface area (Å²) < 4.78 is 21.2. The summed E-state index contributed by atoms with van der Waals surface area (Å²) in [6.07, 6.45) is 7.97. The number of fused-ring (bicyclic) bond motifs is 1. The zero-order chi connectivity index (χ0) is 29.9. The average Bonchev–Trinajstić information content (AvgIpc) is 3.02. The van der Waals surface area contributed by atoms with E-state index in [0.717, 1.165) is 62.2 Å². The number of rotatable bonds is 8. The number of methoxy groups -OCH3 is 1. The van der Waals surface area contributed by atoms with Crippen LogP contribution < -0.4 is 20.7 Å². The molecule has 218 valence electrons. The Kier molecular flexibility index (Phi) is 7.98. The number of halogens is 1. The van der Waals surface area contributed by atoms with Crippen LogP contribution in [0.25, 0.3) is 33.3 Å². The van der Waals surface area contributed by atoms with Crippen LogP contribution in [0.3, 0.4) is 0 Å². The minimum absolute atomic E-state index is 0.0545.